The minimum absolute atomic E-state index is 0.259. The summed E-state index contributed by atoms with van der Waals surface area (Å²) in [5.41, 5.74) is 5.25. The lowest BCUT2D eigenvalue weighted by molar-refractivity contribution is 0.775. The summed E-state index contributed by atoms with van der Waals surface area (Å²) in [7, 11) is 0. The predicted molar refractivity (Wildman–Crippen MR) is 87.3 cm³/mol. The van der Waals surface area contributed by atoms with Gasteiger partial charge in [0.1, 0.15) is 17.5 Å². The van der Waals surface area contributed by atoms with E-state index in [0.717, 1.165) is 24.6 Å². The molecule has 21 heavy (non-hydrogen) atoms. The van der Waals surface area contributed by atoms with Crippen LogP contribution in [0.15, 0.2) is 30.3 Å². The number of nitrogens with zero attached hydrogens (tertiary/aromatic N) is 2. The van der Waals surface area contributed by atoms with Gasteiger partial charge in [0.2, 0.25) is 0 Å². The number of aryl methyl sites for hydroxylation is 1. The fraction of sp³-hybridized carbons (Fsp3) is 0.375. The van der Waals surface area contributed by atoms with Gasteiger partial charge in [0, 0.05) is 18.5 Å². The van der Waals surface area contributed by atoms with Crippen LogP contribution in [0.3, 0.4) is 0 Å². The van der Waals surface area contributed by atoms with Gasteiger partial charge in [0.25, 0.3) is 0 Å². The highest BCUT2D eigenvalue weighted by molar-refractivity contribution is 5.47. The van der Waals surface area contributed by atoms with Crippen LogP contribution in [0, 0.1) is 6.92 Å². The molecular formula is C16H23N5. The van der Waals surface area contributed by atoms with Crippen molar-refractivity contribution in [1.29, 1.82) is 0 Å². The summed E-state index contributed by atoms with van der Waals surface area (Å²) in [6.07, 6.45) is 0.957. The molecule has 1 aromatic heterocycles. The second-order valence-electron chi connectivity index (χ2n) is 5.40. The van der Waals surface area contributed by atoms with Crippen molar-refractivity contribution in [2.24, 2.45) is 5.84 Å². The van der Waals surface area contributed by atoms with E-state index in [9.17, 15) is 0 Å². The molecule has 1 aromatic carbocycles. The summed E-state index contributed by atoms with van der Waals surface area (Å²) in [4.78, 5) is 8.86. The first-order valence-electron chi connectivity index (χ1n) is 7.24. The maximum atomic E-state index is 5.46. The standard InChI is InChI=1S/C16H23N5/c1-11(2)16-19-14(10-15(20-16)21-17)18-9-8-13-7-5-4-6-12(13)3/h4-7,10-11H,8-9,17H2,1-3H3,(H2,18,19,20,21). The van der Waals surface area contributed by atoms with Gasteiger partial charge < -0.3 is 10.7 Å². The maximum absolute atomic E-state index is 5.46. The van der Waals surface area contributed by atoms with Gasteiger partial charge in [0.05, 0.1) is 0 Å². The lowest BCUT2D eigenvalue weighted by Crippen LogP contribution is -2.14. The lowest BCUT2D eigenvalue weighted by Gasteiger charge is -2.12. The van der Waals surface area contributed by atoms with E-state index in [1.54, 1.807) is 0 Å². The first-order valence-corrected chi connectivity index (χ1v) is 7.24. The quantitative estimate of drug-likeness (QED) is 0.562. The summed E-state index contributed by atoms with van der Waals surface area (Å²) >= 11 is 0. The molecule has 5 nitrogen and oxygen atoms in total. The smallest absolute Gasteiger partial charge is 0.145 e. The number of anilines is 2. The van der Waals surface area contributed by atoms with Crippen LogP contribution in [0.25, 0.3) is 0 Å². The van der Waals surface area contributed by atoms with Crippen LogP contribution in [0.4, 0.5) is 11.6 Å². The highest BCUT2D eigenvalue weighted by Gasteiger charge is 2.07. The Morgan fingerprint density at radius 1 is 1.14 bits per heavy atom. The molecule has 0 saturated heterocycles. The molecule has 1 heterocycles. The van der Waals surface area contributed by atoms with Gasteiger partial charge in [-0.1, -0.05) is 38.1 Å². The molecular weight excluding hydrogens is 262 g/mol. The second kappa shape index (κ2) is 7.04. The zero-order valence-corrected chi connectivity index (χ0v) is 12.9. The molecule has 0 saturated carbocycles. The number of hydrogen-bond donors (Lipinski definition) is 3. The molecule has 0 radical (unpaired) electrons. The Bertz CT molecular complexity index is 595. The highest BCUT2D eigenvalue weighted by Crippen LogP contribution is 2.16. The molecule has 0 aliphatic carbocycles. The number of hydrazine groups is 1. The number of rotatable bonds is 6. The van der Waals surface area contributed by atoms with Crippen molar-refractivity contribution in [2.75, 3.05) is 17.3 Å². The first kappa shape index (κ1) is 15.3. The van der Waals surface area contributed by atoms with E-state index in [0.29, 0.717) is 5.82 Å². The second-order valence-corrected chi connectivity index (χ2v) is 5.40. The number of benzene rings is 1. The Hall–Kier alpha value is -2.14. The molecule has 2 aromatic rings. The van der Waals surface area contributed by atoms with E-state index in [4.69, 9.17) is 5.84 Å². The van der Waals surface area contributed by atoms with Crippen molar-refractivity contribution in [3.63, 3.8) is 0 Å². The summed E-state index contributed by atoms with van der Waals surface area (Å²) in [6, 6.07) is 10.2. The summed E-state index contributed by atoms with van der Waals surface area (Å²) < 4.78 is 0. The molecule has 0 bridgehead atoms. The van der Waals surface area contributed by atoms with E-state index in [1.165, 1.54) is 11.1 Å². The molecule has 0 spiro atoms. The fourth-order valence-electron chi connectivity index (χ4n) is 2.10. The Labute approximate surface area is 126 Å². The van der Waals surface area contributed by atoms with Crippen LogP contribution in [-0.2, 0) is 6.42 Å². The molecule has 0 aliphatic rings. The van der Waals surface area contributed by atoms with E-state index in [1.807, 2.05) is 6.07 Å². The highest BCUT2D eigenvalue weighted by atomic mass is 15.3. The average molecular weight is 285 g/mol. The Morgan fingerprint density at radius 2 is 1.86 bits per heavy atom. The van der Waals surface area contributed by atoms with Crippen LogP contribution in [0.5, 0.6) is 0 Å². The Balaban J connectivity index is 2.03. The van der Waals surface area contributed by atoms with Crippen LogP contribution >= 0.6 is 0 Å². The average Bonchev–Trinajstić information content (AvgIpc) is 2.49. The van der Waals surface area contributed by atoms with Crippen LogP contribution in [0.1, 0.15) is 36.7 Å². The number of nitrogens with one attached hydrogen (secondary N) is 2. The minimum Gasteiger partial charge on any atom is -0.370 e. The SMILES string of the molecule is Cc1ccccc1CCNc1cc(NN)nc(C(C)C)n1. The van der Waals surface area contributed by atoms with E-state index in [-0.39, 0.29) is 5.92 Å². The molecule has 0 amide bonds. The monoisotopic (exact) mass is 285 g/mol. The normalized spacial score (nSPS) is 10.7. The van der Waals surface area contributed by atoms with Crippen molar-refractivity contribution in [3.05, 3.63) is 47.3 Å². The Morgan fingerprint density at radius 3 is 2.52 bits per heavy atom. The number of aromatic nitrogens is 2. The lowest BCUT2D eigenvalue weighted by atomic mass is 10.1. The maximum Gasteiger partial charge on any atom is 0.145 e. The molecule has 4 N–H and O–H groups in total. The van der Waals surface area contributed by atoms with Crippen LogP contribution in [-0.4, -0.2) is 16.5 Å². The van der Waals surface area contributed by atoms with Crippen molar-refractivity contribution in [1.82, 2.24) is 9.97 Å². The molecule has 0 unspecified atom stereocenters. The molecule has 112 valence electrons. The third-order valence-corrected chi connectivity index (χ3v) is 3.37. The third kappa shape index (κ3) is 4.16. The van der Waals surface area contributed by atoms with Gasteiger partial charge in [-0.2, -0.15) is 0 Å². The van der Waals surface area contributed by atoms with Gasteiger partial charge in [-0.25, -0.2) is 15.8 Å². The van der Waals surface area contributed by atoms with Gasteiger partial charge >= 0.3 is 0 Å². The molecule has 5 heteroatoms. The van der Waals surface area contributed by atoms with Gasteiger partial charge in [0.15, 0.2) is 0 Å². The molecule has 2 rings (SSSR count). The number of nitrogens with two attached hydrogens (primary N) is 1. The summed E-state index contributed by atoms with van der Waals surface area (Å²) in [6.45, 7) is 7.08. The zero-order valence-electron chi connectivity index (χ0n) is 12.9. The van der Waals surface area contributed by atoms with E-state index < -0.39 is 0 Å². The largest absolute Gasteiger partial charge is 0.370 e. The van der Waals surface area contributed by atoms with Crippen molar-refractivity contribution >= 4 is 11.6 Å². The molecule has 0 fully saturated rings. The van der Waals surface area contributed by atoms with E-state index >= 15 is 0 Å². The topological polar surface area (TPSA) is 75.9 Å². The fourth-order valence-corrected chi connectivity index (χ4v) is 2.10. The van der Waals surface area contributed by atoms with Crippen molar-refractivity contribution in [2.45, 2.75) is 33.1 Å². The van der Waals surface area contributed by atoms with Gasteiger partial charge in [-0.05, 0) is 24.5 Å². The first-order chi connectivity index (χ1) is 10.1. The van der Waals surface area contributed by atoms with E-state index in [2.05, 4.69) is 65.7 Å². The van der Waals surface area contributed by atoms with Crippen molar-refractivity contribution < 1.29 is 0 Å². The third-order valence-electron chi connectivity index (χ3n) is 3.37. The Kier molecular flexibility index (Phi) is 5.11. The zero-order chi connectivity index (χ0) is 15.2. The molecule has 0 atom stereocenters. The van der Waals surface area contributed by atoms with Crippen molar-refractivity contribution in [3.8, 4) is 0 Å². The predicted octanol–water partition coefficient (Wildman–Crippen LogP) is 2.85. The van der Waals surface area contributed by atoms with Gasteiger partial charge in [-0.15, -0.1) is 0 Å². The number of hydrogen-bond acceptors (Lipinski definition) is 5. The molecule has 0 aliphatic heterocycles. The summed E-state index contributed by atoms with van der Waals surface area (Å²) in [5.74, 6) is 7.93. The van der Waals surface area contributed by atoms with Gasteiger partial charge in [-0.3, -0.25) is 0 Å². The minimum atomic E-state index is 0.259. The summed E-state index contributed by atoms with van der Waals surface area (Å²) in [5, 5.41) is 3.34. The van der Waals surface area contributed by atoms with Crippen LogP contribution < -0.4 is 16.6 Å². The van der Waals surface area contributed by atoms with Crippen LogP contribution in [0.2, 0.25) is 0 Å². The number of nitrogen functional groups attached to an aromatic ring is 1.